The van der Waals surface area contributed by atoms with E-state index < -0.39 is 18.0 Å². The van der Waals surface area contributed by atoms with Crippen LogP contribution in [0.3, 0.4) is 0 Å². The molecule has 0 heterocycles. The van der Waals surface area contributed by atoms with Crippen LogP contribution in [0.4, 0.5) is 13.2 Å². The fourth-order valence-electron chi connectivity index (χ4n) is 1.80. The van der Waals surface area contributed by atoms with Crippen molar-refractivity contribution in [3.8, 4) is 0 Å². The number of likely N-dealkylation sites (N-methyl/N-ethyl adjacent to an activating group) is 1. The van der Waals surface area contributed by atoms with Gasteiger partial charge >= 0.3 is 12.0 Å². The van der Waals surface area contributed by atoms with Crippen LogP contribution in [0, 0.1) is 0 Å². The number of hydrogen-bond donors (Lipinski definition) is 3. The van der Waals surface area contributed by atoms with Gasteiger partial charge < -0.3 is 27.5 Å². The highest BCUT2D eigenvalue weighted by molar-refractivity contribution is 5.16. The summed E-state index contributed by atoms with van der Waals surface area (Å²) in [5.41, 5.74) is 0.625. The molecule has 1 aromatic rings. The lowest BCUT2D eigenvalue weighted by atomic mass is 9.97. The Kier molecular flexibility index (Phi) is 6.28. The van der Waals surface area contributed by atoms with Crippen molar-refractivity contribution in [2.75, 3.05) is 14.1 Å². The molecule has 1 rings (SSSR count). The first-order chi connectivity index (χ1) is 8.16. The molecule has 0 radical (unpaired) electrons. The Labute approximate surface area is 116 Å². The second kappa shape index (κ2) is 6.56. The zero-order chi connectivity index (χ0) is 14.0. The molecule has 1 aromatic carbocycles. The fourth-order valence-corrected chi connectivity index (χ4v) is 1.80. The molecule has 0 aromatic heterocycles. The Morgan fingerprint density at radius 1 is 1.11 bits per heavy atom. The van der Waals surface area contributed by atoms with E-state index in [-0.39, 0.29) is 18.8 Å². The first-order valence-electron chi connectivity index (χ1n) is 5.51. The Bertz CT molecular complexity index is 382. The van der Waals surface area contributed by atoms with Crippen LogP contribution in [0.1, 0.15) is 5.56 Å². The number of aliphatic hydroxyl groups is 2. The molecule has 7 heteroatoms. The first kappa shape index (κ1) is 18.2. The van der Waals surface area contributed by atoms with Gasteiger partial charge in [0.1, 0.15) is 0 Å². The molecule has 0 aliphatic carbocycles. The lowest BCUT2D eigenvalue weighted by Crippen LogP contribution is -3.13. The molecule has 3 N–H and O–H groups in total. The Morgan fingerprint density at radius 3 is 1.95 bits per heavy atom. The van der Waals surface area contributed by atoms with Crippen molar-refractivity contribution < 1.29 is 40.7 Å². The Hall–Kier alpha value is -0.820. The van der Waals surface area contributed by atoms with Gasteiger partial charge in [0.2, 0.25) is 0 Å². The summed E-state index contributed by atoms with van der Waals surface area (Å²) in [6.07, 6.45) is -5.15. The molecule has 0 aliphatic heterocycles. The van der Waals surface area contributed by atoms with Crippen molar-refractivity contribution in [1.82, 2.24) is 0 Å². The van der Waals surface area contributed by atoms with E-state index in [1.165, 1.54) is 14.1 Å². The van der Waals surface area contributed by atoms with E-state index >= 15 is 0 Å². The zero-order valence-electron chi connectivity index (χ0n) is 10.6. The number of halogens is 4. The molecule has 0 saturated heterocycles. The molecule has 1 atom stereocenters. The van der Waals surface area contributed by atoms with E-state index in [1.54, 1.807) is 30.3 Å². The van der Waals surface area contributed by atoms with Gasteiger partial charge in [-0.2, -0.15) is 13.2 Å². The summed E-state index contributed by atoms with van der Waals surface area (Å²) in [5, 5.41) is 18.7. The van der Waals surface area contributed by atoms with Crippen molar-refractivity contribution in [2.24, 2.45) is 0 Å². The molecular weight excluding hydrogens is 283 g/mol. The summed E-state index contributed by atoms with van der Waals surface area (Å²) in [6.45, 7) is 0. The zero-order valence-corrected chi connectivity index (χ0v) is 11.3. The van der Waals surface area contributed by atoms with Gasteiger partial charge in [0.15, 0.2) is 6.04 Å². The second-order valence-corrected chi connectivity index (χ2v) is 4.54. The Morgan fingerprint density at radius 2 is 1.58 bits per heavy atom. The van der Waals surface area contributed by atoms with E-state index in [0.717, 1.165) is 0 Å². The van der Waals surface area contributed by atoms with Crippen LogP contribution >= 0.6 is 0 Å². The van der Waals surface area contributed by atoms with Gasteiger partial charge in [-0.25, -0.2) is 0 Å². The van der Waals surface area contributed by atoms with Gasteiger partial charge in [-0.1, -0.05) is 30.3 Å². The van der Waals surface area contributed by atoms with Gasteiger partial charge in [0.25, 0.3) is 0 Å². The normalized spacial score (nSPS) is 14.1. The predicted octanol–water partition coefficient (Wildman–Crippen LogP) is -3.01. The molecule has 1 unspecified atom stereocenters. The number of benzene rings is 1. The molecule has 0 amide bonds. The summed E-state index contributed by atoms with van der Waals surface area (Å²) >= 11 is 0. The SMILES string of the molecule is C[NH+](C)C(Cc1ccccc1)C(O)(O)C(F)(F)F.[Cl-]. The molecule has 110 valence electrons. The monoisotopic (exact) mass is 299 g/mol. The smallest absolute Gasteiger partial charge is 0.449 e. The molecule has 0 saturated carbocycles. The molecule has 0 spiro atoms. The van der Waals surface area contributed by atoms with Crippen molar-refractivity contribution in [1.29, 1.82) is 0 Å². The van der Waals surface area contributed by atoms with Gasteiger partial charge in [-0.15, -0.1) is 0 Å². The van der Waals surface area contributed by atoms with Crippen LogP contribution in [-0.2, 0) is 6.42 Å². The van der Waals surface area contributed by atoms with Crippen LogP contribution in [0.5, 0.6) is 0 Å². The van der Waals surface area contributed by atoms with Crippen molar-refractivity contribution in [3.63, 3.8) is 0 Å². The fraction of sp³-hybridized carbons (Fsp3) is 0.500. The lowest BCUT2D eigenvalue weighted by molar-refractivity contribution is -0.902. The highest BCUT2D eigenvalue weighted by Gasteiger charge is 2.61. The van der Waals surface area contributed by atoms with Crippen LogP contribution in [0.15, 0.2) is 30.3 Å². The van der Waals surface area contributed by atoms with Gasteiger partial charge in [-0.3, -0.25) is 0 Å². The van der Waals surface area contributed by atoms with E-state index in [9.17, 15) is 23.4 Å². The molecule has 0 aliphatic rings. The second-order valence-electron chi connectivity index (χ2n) is 4.54. The maximum absolute atomic E-state index is 12.6. The van der Waals surface area contributed by atoms with E-state index in [4.69, 9.17) is 0 Å². The van der Waals surface area contributed by atoms with Crippen LogP contribution in [0.25, 0.3) is 0 Å². The topological polar surface area (TPSA) is 44.9 Å². The number of hydrogen-bond acceptors (Lipinski definition) is 2. The third-order valence-electron chi connectivity index (χ3n) is 2.88. The van der Waals surface area contributed by atoms with Crippen LogP contribution < -0.4 is 17.3 Å². The van der Waals surface area contributed by atoms with Gasteiger partial charge in [0, 0.05) is 6.42 Å². The minimum Gasteiger partial charge on any atom is -1.00 e. The van der Waals surface area contributed by atoms with Crippen molar-refractivity contribution in [3.05, 3.63) is 35.9 Å². The molecule has 3 nitrogen and oxygen atoms in total. The minimum absolute atomic E-state index is 0. The highest BCUT2D eigenvalue weighted by Crippen LogP contribution is 2.31. The van der Waals surface area contributed by atoms with E-state index in [0.29, 0.717) is 10.5 Å². The third kappa shape index (κ3) is 4.35. The summed E-state index contributed by atoms with van der Waals surface area (Å²) in [5.74, 6) is -3.71. The van der Waals surface area contributed by atoms with Crippen molar-refractivity contribution in [2.45, 2.75) is 24.4 Å². The van der Waals surface area contributed by atoms with Crippen molar-refractivity contribution >= 4 is 0 Å². The summed E-state index contributed by atoms with van der Waals surface area (Å²) in [4.78, 5) is 0.321. The lowest BCUT2D eigenvalue weighted by Gasteiger charge is -2.34. The minimum atomic E-state index is -5.08. The predicted molar refractivity (Wildman–Crippen MR) is 60.0 cm³/mol. The largest absolute Gasteiger partial charge is 1.00 e. The Balaban J connectivity index is 0.00000324. The molecular formula is C12H17ClF3NO2. The number of alkyl halides is 3. The maximum atomic E-state index is 12.6. The standard InChI is InChI=1S/C12H16F3NO2.ClH/c1-16(2)10(11(17,18)12(13,14)15)8-9-6-4-3-5-7-9;/h3-7,10,17-18H,8H2,1-2H3;1H. The number of quaternary nitrogens is 1. The number of rotatable bonds is 4. The van der Waals surface area contributed by atoms with Gasteiger partial charge in [-0.05, 0) is 5.56 Å². The average Bonchev–Trinajstić information content (AvgIpc) is 2.25. The molecule has 19 heavy (non-hydrogen) atoms. The van der Waals surface area contributed by atoms with E-state index in [1.807, 2.05) is 0 Å². The van der Waals surface area contributed by atoms with Crippen LogP contribution in [0.2, 0.25) is 0 Å². The third-order valence-corrected chi connectivity index (χ3v) is 2.88. The first-order valence-corrected chi connectivity index (χ1v) is 5.51. The van der Waals surface area contributed by atoms with E-state index in [2.05, 4.69) is 0 Å². The molecule has 0 fully saturated rings. The maximum Gasteiger partial charge on any atom is 0.449 e. The summed E-state index contributed by atoms with van der Waals surface area (Å²) in [7, 11) is 2.92. The quantitative estimate of drug-likeness (QED) is 0.519. The summed E-state index contributed by atoms with van der Waals surface area (Å²) < 4.78 is 37.9. The van der Waals surface area contributed by atoms with Gasteiger partial charge in [0.05, 0.1) is 14.1 Å². The molecule has 0 bridgehead atoms. The average molecular weight is 300 g/mol. The van der Waals surface area contributed by atoms with Crippen LogP contribution in [-0.4, -0.2) is 42.3 Å². The highest BCUT2D eigenvalue weighted by atomic mass is 35.5. The summed E-state index contributed by atoms with van der Waals surface area (Å²) in [6, 6.07) is 7.06. The number of nitrogens with one attached hydrogen (secondary N) is 1.